The van der Waals surface area contributed by atoms with Gasteiger partial charge in [-0.2, -0.15) is 0 Å². The lowest BCUT2D eigenvalue weighted by Crippen LogP contribution is -2.39. The minimum Gasteiger partial charge on any atom is -0.355 e. The van der Waals surface area contributed by atoms with E-state index in [9.17, 15) is 0 Å². The third-order valence-corrected chi connectivity index (χ3v) is 6.57. The Hall–Kier alpha value is -2.79. The number of benzene rings is 1. The van der Waals surface area contributed by atoms with E-state index in [0.717, 1.165) is 34.8 Å². The summed E-state index contributed by atoms with van der Waals surface area (Å²) in [5, 5.41) is 1.15. The van der Waals surface area contributed by atoms with Gasteiger partial charge in [0.05, 0.1) is 5.39 Å². The molecule has 1 aliphatic rings. The van der Waals surface area contributed by atoms with Gasteiger partial charge in [-0.15, -0.1) is 11.3 Å². The number of anilines is 1. The smallest absolute Gasteiger partial charge is 0.181 e. The number of piperidine rings is 1. The van der Waals surface area contributed by atoms with E-state index >= 15 is 0 Å². The van der Waals surface area contributed by atoms with Gasteiger partial charge in [0.15, 0.2) is 5.82 Å². The van der Waals surface area contributed by atoms with E-state index in [2.05, 4.69) is 60.1 Å². The summed E-state index contributed by atoms with van der Waals surface area (Å²) in [6.07, 6.45) is 3.08. The Labute approximate surface area is 175 Å². The summed E-state index contributed by atoms with van der Waals surface area (Å²) in [4.78, 5) is 19.1. The van der Waals surface area contributed by atoms with Gasteiger partial charge < -0.3 is 4.90 Å². The molecule has 0 radical (unpaired) electrons. The van der Waals surface area contributed by atoms with Crippen molar-refractivity contribution in [2.24, 2.45) is 11.8 Å². The highest BCUT2D eigenvalue weighted by Crippen LogP contribution is 2.39. The van der Waals surface area contributed by atoms with Crippen molar-refractivity contribution in [3.05, 3.63) is 60.8 Å². The second-order valence-electron chi connectivity index (χ2n) is 8.13. The number of thiophene rings is 1. The molecule has 1 aromatic carbocycles. The first-order valence-electron chi connectivity index (χ1n) is 10.2. The van der Waals surface area contributed by atoms with E-state index in [1.54, 1.807) is 17.5 Å². The van der Waals surface area contributed by atoms with Crippen molar-refractivity contribution in [3.8, 4) is 22.0 Å². The molecule has 0 aliphatic carbocycles. The molecule has 0 spiro atoms. The van der Waals surface area contributed by atoms with Crippen molar-refractivity contribution in [3.63, 3.8) is 0 Å². The van der Waals surface area contributed by atoms with Gasteiger partial charge in [-0.25, -0.2) is 9.97 Å². The van der Waals surface area contributed by atoms with E-state index in [-0.39, 0.29) is 0 Å². The standard InChI is InChI=1S/C24H24N4S/c1-16-12-17(2)15-28(14-16)23-19-13-21(18-8-4-3-5-9-18)29-24(19)27-22(26-23)20-10-6-7-11-25-20/h3-11,13,16-17H,12,14-15H2,1-2H3. The van der Waals surface area contributed by atoms with Crippen molar-refractivity contribution >= 4 is 27.4 Å². The van der Waals surface area contributed by atoms with Crippen LogP contribution in [-0.4, -0.2) is 28.0 Å². The van der Waals surface area contributed by atoms with Crippen LogP contribution in [0.25, 0.3) is 32.2 Å². The Morgan fingerprint density at radius 1 is 0.931 bits per heavy atom. The van der Waals surface area contributed by atoms with Crippen LogP contribution in [0.5, 0.6) is 0 Å². The molecule has 0 saturated carbocycles. The number of aromatic nitrogens is 3. The molecule has 4 aromatic rings. The fraction of sp³-hybridized carbons (Fsp3) is 0.292. The maximum atomic E-state index is 5.03. The van der Waals surface area contributed by atoms with Gasteiger partial charge in [0.1, 0.15) is 16.3 Å². The van der Waals surface area contributed by atoms with E-state index in [1.165, 1.54) is 16.9 Å². The summed E-state index contributed by atoms with van der Waals surface area (Å²) in [6.45, 7) is 6.75. The molecule has 1 fully saturated rings. The second kappa shape index (κ2) is 7.56. The maximum Gasteiger partial charge on any atom is 0.181 e. The number of hydrogen-bond donors (Lipinski definition) is 0. The van der Waals surface area contributed by atoms with E-state index < -0.39 is 0 Å². The fourth-order valence-electron chi connectivity index (χ4n) is 4.34. The fourth-order valence-corrected chi connectivity index (χ4v) is 5.37. The van der Waals surface area contributed by atoms with Crippen LogP contribution in [0.3, 0.4) is 0 Å². The van der Waals surface area contributed by atoms with E-state index in [4.69, 9.17) is 9.97 Å². The molecule has 1 saturated heterocycles. The number of hydrogen-bond acceptors (Lipinski definition) is 5. The van der Waals surface area contributed by atoms with Gasteiger partial charge in [-0.1, -0.05) is 50.2 Å². The van der Waals surface area contributed by atoms with Gasteiger partial charge in [0, 0.05) is 24.2 Å². The largest absolute Gasteiger partial charge is 0.355 e. The predicted octanol–water partition coefficient (Wildman–Crippen LogP) is 5.90. The molecule has 2 unspecified atom stereocenters. The molecular formula is C24H24N4S. The highest BCUT2D eigenvalue weighted by Gasteiger charge is 2.26. The second-order valence-corrected chi connectivity index (χ2v) is 9.16. The lowest BCUT2D eigenvalue weighted by molar-refractivity contribution is 0.356. The Kier molecular flexibility index (Phi) is 4.76. The zero-order valence-electron chi connectivity index (χ0n) is 16.7. The lowest BCUT2D eigenvalue weighted by atomic mass is 9.92. The van der Waals surface area contributed by atoms with Crippen molar-refractivity contribution in [2.45, 2.75) is 20.3 Å². The minimum atomic E-state index is 0.661. The van der Waals surface area contributed by atoms with E-state index in [1.807, 2.05) is 18.2 Å². The summed E-state index contributed by atoms with van der Waals surface area (Å²) in [7, 11) is 0. The molecule has 0 amide bonds. The molecule has 0 bridgehead atoms. The van der Waals surface area contributed by atoms with Crippen LogP contribution >= 0.6 is 11.3 Å². The summed E-state index contributed by atoms with van der Waals surface area (Å²) in [5.74, 6) is 3.08. The Morgan fingerprint density at radius 3 is 2.41 bits per heavy atom. The van der Waals surface area contributed by atoms with Crippen LogP contribution in [0, 0.1) is 11.8 Å². The average molecular weight is 401 g/mol. The van der Waals surface area contributed by atoms with Crippen molar-refractivity contribution in [1.82, 2.24) is 15.0 Å². The number of rotatable bonds is 3. The quantitative estimate of drug-likeness (QED) is 0.429. The molecule has 29 heavy (non-hydrogen) atoms. The van der Waals surface area contributed by atoms with Crippen LogP contribution in [0.4, 0.5) is 5.82 Å². The zero-order chi connectivity index (χ0) is 19.8. The average Bonchev–Trinajstić information content (AvgIpc) is 3.18. The first kappa shape index (κ1) is 18.3. The monoisotopic (exact) mass is 400 g/mol. The van der Waals surface area contributed by atoms with Gasteiger partial charge >= 0.3 is 0 Å². The van der Waals surface area contributed by atoms with Crippen LogP contribution in [0.1, 0.15) is 20.3 Å². The molecule has 1 aliphatic heterocycles. The highest BCUT2D eigenvalue weighted by atomic mass is 32.1. The first-order valence-corrected chi connectivity index (χ1v) is 11.0. The topological polar surface area (TPSA) is 41.9 Å². The molecule has 0 N–H and O–H groups in total. The molecule has 4 heterocycles. The number of fused-ring (bicyclic) bond motifs is 1. The zero-order valence-corrected chi connectivity index (χ0v) is 17.6. The molecule has 2 atom stereocenters. The van der Waals surface area contributed by atoms with Gasteiger partial charge in [-0.05, 0) is 42.0 Å². The lowest BCUT2D eigenvalue weighted by Gasteiger charge is -2.36. The van der Waals surface area contributed by atoms with Crippen LogP contribution in [-0.2, 0) is 0 Å². The molecule has 5 heteroatoms. The molecular weight excluding hydrogens is 376 g/mol. The van der Waals surface area contributed by atoms with Crippen molar-refractivity contribution in [2.75, 3.05) is 18.0 Å². The summed E-state index contributed by atoms with van der Waals surface area (Å²) >= 11 is 1.73. The normalized spacial score (nSPS) is 19.6. The van der Waals surface area contributed by atoms with Gasteiger partial charge in [0.2, 0.25) is 0 Å². The molecule has 3 aromatic heterocycles. The van der Waals surface area contributed by atoms with E-state index in [0.29, 0.717) is 17.7 Å². The van der Waals surface area contributed by atoms with Gasteiger partial charge in [0.25, 0.3) is 0 Å². The van der Waals surface area contributed by atoms with Crippen molar-refractivity contribution in [1.29, 1.82) is 0 Å². The minimum absolute atomic E-state index is 0.661. The van der Waals surface area contributed by atoms with Crippen LogP contribution < -0.4 is 4.90 Å². The Balaban J connectivity index is 1.69. The molecule has 146 valence electrons. The van der Waals surface area contributed by atoms with Gasteiger partial charge in [-0.3, -0.25) is 4.98 Å². The molecule has 4 nitrogen and oxygen atoms in total. The summed E-state index contributed by atoms with van der Waals surface area (Å²) in [5.41, 5.74) is 2.05. The third kappa shape index (κ3) is 3.62. The SMILES string of the molecule is CC1CC(C)CN(c2nc(-c3ccccn3)nc3sc(-c4ccccc4)cc23)C1. The van der Waals surface area contributed by atoms with Crippen molar-refractivity contribution < 1.29 is 0 Å². The third-order valence-electron chi connectivity index (χ3n) is 5.49. The summed E-state index contributed by atoms with van der Waals surface area (Å²) < 4.78 is 0. The Bertz CT molecular complexity index is 1110. The molecule has 5 rings (SSSR count). The first-order chi connectivity index (χ1) is 14.2. The summed E-state index contributed by atoms with van der Waals surface area (Å²) in [6, 6.07) is 18.7. The van der Waals surface area contributed by atoms with Crippen LogP contribution in [0.15, 0.2) is 60.8 Å². The highest BCUT2D eigenvalue weighted by molar-refractivity contribution is 7.22. The number of pyridine rings is 1. The maximum absolute atomic E-state index is 5.03. The number of nitrogens with zero attached hydrogens (tertiary/aromatic N) is 4. The Morgan fingerprint density at radius 2 is 1.69 bits per heavy atom. The predicted molar refractivity (Wildman–Crippen MR) is 121 cm³/mol. The van der Waals surface area contributed by atoms with Crippen LogP contribution in [0.2, 0.25) is 0 Å².